The smallest absolute Gasteiger partial charge is 0.280 e. The number of rotatable bonds is 4. The molecule has 7 nitrogen and oxygen atoms in total. The molecule has 2 aromatic rings. The Morgan fingerprint density at radius 2 is 2.10 bits per heavy atom. The van der Waals surface area contributed by atoms with Crippen molar-refractivity contribution in [1.82, 2.24) is 9.55 Å². The Morgan fingerprint density at radius 1 is 1.43 bits per heavy atom. The van der Waals surface area contributed by atoms with Crippen LogP contribution in [0.3, 0.4) is 0 Å². The number of nitrogens with zero attached hydrogens (tertiary/aromatic N) is 3. The third-order valence-corrected chi connectivity index (χ3v) is 4.35. The Kier molecular flexibility index (Phi) is 4.22. The number of nitro groups is 1. The fourth-order valence-corrected chi connectivity index (χ4v) is 2.75. The molecule has 0 saturated carbocycles. The van der Waals surface area contributed by atoms with Gasteiger partial charge in [-0.2, -0.15) is 0 Å². The van der Waals surface area contributed by atoms with E-state index in [-0.39, 0.29) is 27.8 Å². The normalized spacial score (nSPS) is 11.6. The summed E-state index contributed by atoms with van der Waals surface area (Å²) in [5, 5.41) is 10.9. The third kappa shape index (κ3) is 3.34. The van der Waals surface area contributed by atoms with Crippen LogP contribution in [0.15, 0.2) is 29.4 Å². The van der Waals surface area contributed by atoms with Crippen LogP contribution in [0, 0.1) is 17.0 Å². The summed E-state index contributed by atoms with van der Waals surface area (Å²) in [6.45, 7) is 1.58. The van der Waals surface area contributed by atoms with Crippen LogP contribution in [0.1, 0.15) is 11.4 Å². The summed E-state index contributed by atoms with van der Waals surface area (Å²) in [4.78, 5) is 14.3. The van der Waals surface area contributed by atoms with Crippen LogP contribution in [0.5, 0.6) is 0 Å². The Hall–Kier alpha value is -1.64. The van der Waals surface area contributed by atoms with Crippen molar-refractivity contribution >= 4 is 37.0 Å². The molecular formula is C11H9Cl2N3O4S. The fourth-order valence-electron chi connectivity index (χ4n) is 1.80. The Morgan fingerprint density at radius 3 is 2.62 bits per heavy atom. The predicted molar refractivity (Wildman–Crippen MR) is 77.2 cm³/mol. The number of hydrogen-bond donors (Lipinski definition) is 0. The summed E-state index contributed by atoms with van der Waals surface area (Å²) in [6, 6.07) is 4.32. The van der Waals surface area contributed by atoms with Crippen LogP contribution in [-0.4, -0.2) is 22.9 Å². The Balaban J connectivity index is 2.49. The van der Waals surface area contributed by atoms with Gasteiger partial charge in [0.1, 0.15) is 5.82 Å². The predicted octanol–water partition coefficient (Wildman–Crippen LogP) is 2.73. The summed E-state index contributed by atoms with van der Waals surface area (Å²) < 4.78 is 23.9. The zero-order valence-electron chi connectivity index (χ0n) is 10.7. The molecule has 0 bridgehead atoms. The van der Waals surface area contributed by atoms with Gasteiger partial charge >= 0.3 is 0 Å². The molecule has 0 aliphatic rings. The summed E-state index contributed by atoms with van der Waals surface area (Å²) in [7, 11) is 1.26. The SMILES string of the molecule is Cc1nc(S(=O)(=O)Cl)cn1Cc1c(Cl)cccc1[N+](=O)[O-]. The molecule has 0 fully saturated rings. The minimum atomic E-state index is -3.96. The molecule has 0 N–H and O–H groups in total. The van der Waals surface area contributed by atoms with Gasteiger partial charge in [-0.15, -0.1) is 0 Å². The van der Waals surface area contributed by atoms with Crippen molar-refractivity contribution in [2.75, 3.05) is 0 Å². The summed E-state index contributed by atoms with van der Waals surface area (Å²) >= 11 is 5.99. The number of aromatic nitrogens is 2. The van der Waals surface area contributed by atoms with Gasteiger partial charge in [0.05, 0.1) is 22.1 Å². The highest BCUT2D eigenvalue weighted by atomic mass is 35.7. The molecule has 21 heavy (non-hydrogen) atoms. The minimum Gasteiger partial charge on any atom is -0.329 e. The zero-order chi connectivity index (χ0) is 15.8. The molecule has 2 rings (SSSR count). The molecule has 0 aliphatic carbocycles. The molecular weight excluding hydrogens is 341 g/mol. The van der Waals surface area contributed by atoms with Gasteiger partial charge in [0, 0.05) is 22.9 Å². The van der Waals surface area contributed by atoms with Gasteiger partial charge in [-0.1, -0.05) is 17.7 Å². The van der Waals surface area contributed by atoms with Crippen LogP contribution < -0.4 is 0 Å². The lowest BCUT2D eigenvalue weighted by Gasteiger charge is -2.07. The van der Waals surface area contributed by atoms with E-state index in [0.29, 0.717) is 5.82 Å². The number of imidazole rings is 1. The standard InChI is InChI=1S/C11H9Cl2N3O4S/c1-7-14-11(21(13,19)20)6-15(7)5-8-9(12)3-2-4-10(8)16(17)18/h2-4,6H,5H2,1H3. The molecule has 0 saturated heterocycles. The number of hydrogen-bond acceptors (Lipinski definition) is 5. The van der Waals surface area contributed by atoms with Crippen LogP contribution in [0.25, 0.3) is 0 Å². The van der Waals surface area contributed by atoms with E-state index in [4.69, 9.17) is 22.3 Å². The van der Waals surface area contributed by atoms with Crippen LogP contribution >= 0.6 is 22.3 Å². The maximum absolute atomic E-state index is 11.2. The van der Waals surface area contributed by atoms with Gasteiger partial charge in [0.15, 0.2) is 5.03 Å². The van der Waals surface area contributed by atoms with Crippen molar-refractivity contribution in [3.8, 4) is 0 Å². The van der Waals surface area contributed by atoms with E-state index in [1.807, 2.05) is 0 Å². The van der Waals surface area contributed by atoms with Crippen LogP contribution in [-0.2, 0) is 15.6 Å². The second-order valence-corrected chi connectivity index (χ2v) is 7.11. The van der Waals surface area contributed by atoms with E-state index < -0.39 is 14.0 Å². The molecule has 0 spiro atoms. The topological polar surface area (TPSA) is 95.1 Å². The first kappa shape index (κ1) is 15.7. The highest BCUT2D eigenvalue weighted by Crippen LogP contribution is 2.28. The highest BCUT2D eigenvalue weighted by Gasteiger charge is 2.20. The van der Waals surface area contributed by atoms with E-state index in [1.165, 1.54) is 29.0 Å². The van der Waals surface area contributed by atoms with Crippen molar-refractivity contribution in [1.29, 1.82) is 0 Å². The molecule has 112 valence electrons. The molecule has 1 heterocycles. The monoisotopic (exact) mass is 349 g/mol. The van der Waals surface area contributed by atoms with Crippen LogP contribution in [0.2, 0.25) is 5.02 Å². The minimum absolute atomic E-state index is 0.0151. The number of aryl methyl sites for hydroxylation is 1. The summed E-state index contributed by atoms with van der Waals surface area (Å²) in [5.74, 6) is 0.350. The van der Waals surface area contributed by atoms with Crippen molar-refractivity contribution in [2.24, 2.45) is 0 Å². The van der Waals surface area contributed by atoms with Crippen molar-refractivity contribution in [3.63, 3.8) is 0 Å². The quantitative estimate of drug-likeness (QED) is 0.480. The molecule has 0 atom stereocenters. The van der Waals surface area contributed by atoms with Gasteiger partial charge in [-0.25, -0.2) is 13.4 Å². The zero-order valence-corrected chi connectivity index (χ0v) is 13.0. The summed E-state index contributed by atoms with van der Waals surface area (Å²) in [5.41, 5.74) is 0.120. The number of benzene rings is 1. The lowest BCUT2D eigenvalue weighted by atomic mass is 10.2. The van der Waals surface area contributed by atoms with Crippen molar-refractivity contribution < 1.29 is 13.3 Å². The average molecular weight is 350 g/mol. The Labute approximate surface area is 129 Å². The average Bonchev–Trinajstić information content (AvgIpc) is 2.73. The van der Waals surface area contributed by atoms with E-state index in [1.54, 1.807) is 6.92 Å². The van der Waals surface area contributed by atoms with E-state index in [2.05, 4.69) is 4.98 Å². The van der Waals surface area contributed by atoms with Crippen LogP contribution in [0.4, 0.5) is 5.69 Å². The van der Waals surface area contributed by atoms with Gasteiger partial charge in [0.25, 0.3) is 14.7 Å². The first-order valence-corrected chi connectivity index (χ1v) is 8.29. The van der Waals surface area contributed by atoms with E-state index in [9.17, 15) is 18.5 Å². The number of halogens is 2. The second kappa shape index (κ2) is 5.63. The molecule has 0 amide bonds. The third-order valence-electron chi connectivity index (χ3n) is 2.82. The largest absolute Gasteiger partial charge is 0.329 e. The first-order valence-electron chi connectivity index (χ1n) is 5.60. The van der Waals surface area contributed by atoms with E-state index >= 15 is 0 Å². The maximum Gasteiger partial charge on any atom is 0.280 e. The van der Waals surface area contributed by atoms with E-state index in [0.717, 1.165) is 0 Å². The first-order chi connectivity index (χ1) is 9.70. The summed E-state index contributed by atoms with van der Waals surface area (Å²) in [6.07, 6.45) is 1.21. The second-order valence-electron chi connectivity index (χ2n) is 4.19. The lowest BCUT2D eigenvalue weighted by molar-refractivity contribution is -0.385. The van der Waals surface area contributed by atoms with Gasteiger partial charge in [0.2, 0.25) is 0 Å². The van der Waals surface area contributed by atoms with Gasteiger partial charge in [-0.3, -0.25) is 10.1 Å². The molecule has 1 aromatic carbocycles. The lowest BCUT2D eigenvalue weighted by Crippen LogP contribution is -2.04. The fraction of sp³-hybridized carbons (Fsp3) is 0.182. The Bertz CT molecular complexity index is 817. The van der Waals surface area contributed by atoms with Gasteiger partial charge in [-0.05, 0) is 13.0 Å². The van der Waals surface area contributed by atoms with Crippen molar-refractivity contribution in [3.05, 3.63) is 50.9 Å². The molecule has 10 heteroatoms. The van der Waals surface area contributed by atoms with Gasteiger partial charge < -0.3 is 4.57 Å². The van der Waals surface area contributed by atoms with Crippen molar-refractivity contribution in [2.45, 2.75) is 18.5 Å². The molecule has 0 radical (unpaired) electrons. The molecule has 1 aromatic heterocycles. The maximum atomic E-state index is 11.2. The highest BCUT2D eigenvalue weighted by molar-refractivity contribution is 8.13. The molecule has 0 aliphatic heterocycles. The molecule has 0 unspecified atom stereocenters. The number of nitro benzene ring substituents is 1.